The average Bonchev–Trinajstić information content (AvgIpc) is 2.33. The van der Waals surface area contributed by atoms with E-state index in [0.29, 0.717) is 11.2 Å². The predicted octanol–water partition coefficient (Wildman–Crippen LogP) is 3.75. The molecule has 2 nitrogen and oxygen atoms in total. The number of halogens is 1. The molecule has 94 valence electrons. The Labute approximate surface area is 109 Å². The molecular weight excluding hydrogens is 232 g/mol. The molecule has 0 N–H and O–H groups in total. The molecule has 1 aliphatic carbocycles. The molecule has 3 heteroatoms. The van der Waals surface area contributed by atoms with Crippen molar-refractivity contribution in [3.8, 4) is 0 Å². The van der Waals surface area contributed by atoms with Crippen LogP contribution in [0.5, 0.6) is 0 Å². The Morgan fingerprint density at radius 2 is 2.06 bits per heavy atom. The van der Waals surface area contributed by atoms with E-state index in [-0.39, 0.29) is 0 Å². The van der Waals surface area contributed by atoms with Crippen LogP contribution in [0.1, 0.15) is 38.2 Å². The standard InChI is InChI=1S/C14H21ClN2/c1-11-5-7-13(8-6-11)17(2)10-12-4-3-9-16-14(12)15/h3-4,9,11,13H,5-8,10H2,1-2H3. The number of rotatable bonds is 3. The molecule has 0 amide bonds. The second-order valence-corrected chi connectivity index (χ2v) is 5.64. The maximum Gasteiger partial charge on any atom is 0.133 e. The fourth-order valence-corrected chi connectivity index (χ4v) is 2.80. The highest BCUT2D eigenvalue weighted by molar-refractivity contribution is 6.30. The fraction of sp³-hybridized carbons (Fsp3) is 0.643. The smallest absolute Gasteiger partial charge is 0.133 e. The highest BCUT2D eigenvalue weighted by Crippen LogP contribution is 2.27. The zero-order valence-electron chi connectivity index (χ0n) is 10.7. The minimum Gasteiger partial charge on any atom is -0.299 e. The summed E-state index contributed by atoms with van der Waals surface area (Å²) in [4.78, 5) is 6.55. The van der Waals surface area contributed by atoms with Crippen LogP contribution in [0.2, 0.25) is 5.15 Å². The molecule has 1 aliphatic rings. The largest absolute Gasteiger partial charge is 0.299 e. The van der Waals surface area contributed by atoms with Gasteiger partial charge in [0.05, 0.1) is 0 Å². The highest BCUT2D eigenvalue weighted by Gasteiger charge is 2.22. The van der Waals surface area contributed by atoms with E-state index in [2.05, 4.69) is 29.9 Å². The van der Waals surface area contributed by atoms with Gasteiger partial charge >= 0.3 is 0 Å². The average molecular weight is 253 g/mol. The lowest BCUT2D eigenvalue weighted by Crippen LogP contribution is -2.34. The molecule has 17 heavy (non-hydrogen) atoms. The lowest BCUT2D eigenvalue weighted by molar-refractivity contribution is 0.164. The van der Waals surface area contributed by atoms with Crippen molar-refractivity contribution in [2.75, 3.05) is 7.05 Å². The van der Waals surface area contributed by atoms with Crippen LogP contribution in [0.25, 0.3) is 0 Å². The van der Waals surface area contributed by atoms with Crippen LogP contribution in [-0.4, -0.2) is 23.0 Å². The Hall–Kier alpha value is -0.600. The third-order valence-corrected chi connectivity index (χ3v) is 4.21. The van der Waals surface area contributed by atoms with Crippen LogP contribution in [0, 0.1) is 5.92 Å². The van der Waals surface area contributed by atoms with Gasteiger partial charge in [-0.2, -0.15) is 0 Å². The van der Waals surface area contributed by atoms with Gasteiger partial charge in [-0.1, -0.05) is 24.6 Å². The van der Waals surface area contributed by atoms with Crippen molar-refractivity contribution < 1.29 is 0 Å². The topological polar surface area (TPSA) is 16.1 Å². The van der Waals surface area contributed by atoms with Gasteiger partial charge in [-0.05, 0) is 44.7 Å². The first-order valence-electron chi connectivity index (χ1n) is 6.46. The van der Waals surface area contributed by atoms with Gasteiger partial charge < -0.3 is 0 Å². The molecule has 0 spiro atoms. The van der Waals surface area contributed by atoms with Crippen LogP contribution >= 0.6 is 11.6 Å². The summed E-state index contributed by atoms with van der Waals surface area (Å²) in [6.07, 6.45) is 7.09. The third-order valence-electron chi connectivity index (χ3n) is 3.86. The summed E-state index contributed by atoms with van der Waals surface area (Å²) in [6.45, 7) is 3.26. The summed E-state index contributed by atoms with van der Waals surface area (Å²) in [5, 5.41) is 0.642. The van der Waals surface area contributed by atoms with E-state index in [0.717, 1.165) is 18.0 Å². The zero-order valence-corrected chi connectivity index (χ0v) is 11.5. The van der Waals surface area contributed by atoms with Crippen molar-refractivity contribution in [1.29, 1.82) is 0 Å². The first kappa shape index (κ1) is 12.8. The Balaban J connectivity index is 1.93. The lowest BCUT2D eigenvalue weighted by atomic mass is 9.86. The number of aromatic nitrogens is 1. The minimum atomic E-state index is 0.642. The SMILES string of the molecule is CC1CCC(N(C)Cc2cccnc2Cl)CC1. The summed E-state index contributed by atoms with van der Waals surface area (Å²) in [6, 6.07) is 4.73. The Morgan fingerprint density at radius 3 is 2.71 bits per heavy atom. The first-order valence-corrected chi connectivity index (χ1v) is 6.84. The number of hydrogen-bond acceptors (Lipinski definition) is 2. The normalized spacial score (nSPS) is 25.2. The third kappa shape index (κ3) is 3.43. The molecule has 1 heterocycles. The summed E-state index contributed by atoms with van der Waals surface area (Å²) < 4.78 is 0. The summed E-state index contributed by atoms with van der Waals surface area (Å²) in [7, 11) is 2.20. The van der Waals surface area contributed by atoms with Crippen molar-refractivity contribution in [1.82, 2.24) is 9.88 Å². The van der Waals surface area contributed by atoms with Crippen molar-refractivity contribution in [3.05, 3.63) is 29.0 Å². The van der Waals surface area contributed by atoms with Crippen molar-refractivity contribution in [2.24, 2.45) is 5.92 Å². The second-order valence-electron chi connectivity index (χ2n) is 5.28. The van der Waals surface area contributed by atoms with Crippen LogP contribution < -0.4 is 0 Å². The summed E-state index contributed by atoms with van der Waals surface area (Å²) in [5.74, 6) is 0.904. The number of pyridine rings is 1. The number of hydrogen-bond donors (Lipinski definition) is 0. The molecule has 2 rings (SSSR count). The van der Waals surface area contributed by atoms with E-state index < -0.39 is 0 Å². The maximum atomic E-state index is 6.09. The molecule has 0 bridgehead atoms. The van der Waals surface area contributed by atoms with E-state index in [1.54, 1.807) is 6.20 Å². The molecule has 0 radical (unpaired) electrons. The molecule has 0 atom stereocenters. The van der Waals surface area contributed by atoms with Gasteiger partial charge in [0.2, 0.25) is 0 Å². The number of nitrogens with zero attached hydrogens (tertiary/aromatic N) is 2. The van der Waals surface area contributed by atoms with Gasteiger partial charge in [0, 0.05) is 24.3 Å². The molecule has 0 saturated heterocycles. The van der Waals surface area contributed by atoms with Gasteiger partial charge in [-0.15, -0.1) is 0 Å². The summed E-state index contributed by atoms with van der Waals surface area (Å²) in [5.41, 5.74) is 1.13. The molecule has 1 saturated carbocycles. The van der Waals surface area contributed by atoms with Gasteiger partial charge in [0.25, 0.3) is 0 Å². The van der Waals surface area contributed by atoms with Crippen LogP contribution in [0.4, 0.5) is 0 Å². The predicted molar refractivity (Wildman–Crippen MR) is 72.1 cm³/mol. The molecule has 1 aromatic rings. The highest BCUT2D eigenvalue weighted by atomic mass is 35.5. The Morgan fingerprint density at radius 1 is 1.35 bits per heavy atom. The van der Waals surface area contributed by atoms with Crippen molar-refractivity contribution in [3.63, 3.8) is 0 Å². The Bertz CT molecular complexity index is 359. The van der Waals surface area contributed by atoms with E-state index >= 15 is 0 Å². The van der Waals surface area contributed by atoms with Gasteiger partial charge in [0.1, 0.15) is 5.15 Å². The first-order chi connectivity index (χ1) is 8.16. The van der Waals surface area contributed by atoms with E-state index in [4.69, 9.17) is 11.6 Å². The fourth-order valence-electron chi connectivity index (χ4n) is 2.62. The lowest BCUT2D eigenvalue weighted by Gasteiger charge is -2.33. The van der Waals surface area contributed by atoms with Crippen LogP contribution in [0.3, 0.4) is 0 Å². The van der Waals surface area contributed by atoms with Crippen molar-refractivity contribution >= 4 is 11.6 Å². The second kappa shape index (κ2) is 5.83. The zero-order chi connectivity index (χ0) is 12.3. The minimum absolute atomic E-state index is 0.642. The monoisotopic (exact) mass is 252 g/mol. The molecule has 1 aromatic heterocycles. The molecule has 0 aliphatic heterocycles. The van der Waals surface area contributed by atoms with Crippen LogP contribution in [0.15, 0.2) is 18.3 Å². The van der Waals surface area contributed by atoms with E-state index in [1.807, 2.05) is 6.07 Å². The van der Waals surface area contributed by atoms with E-state index in [9.17, 15) is 0 Å². The molecular formula is C14H21ClN2. The molecule has 1 fully saturated rings. The van der Waals surface area contributed by atoms with Crippen LogP contribution in [-0.2, 0) is 6.54 Å². The molecule has 0 aromatic carbocycles. The summed E-state index contributed by atoms with van der Waals surface area (Å²) >= 11 is 6.09. The van der Waals surface area contributed by atoms with Gasteiger partial charge in [-0.3, -0.25) is 4.90 Å². The quantitative estimate of drug-likeness (QED) is 0.762. The van der Waals surface area contributed by atoms with E-state index in [1.165, 1.54) is 25.7 Å². The van der Waals surface area contributed by atoms with Gasteiger partial charge in [-0.25, -0.2) is 4.98 Å². The van der Waals surface area contributed by atoms with Crippen molar-refractivity contribution in [2.45, 2.75) is 45.2 Å². The van der Waals surface area contributed by atoms with Gasteiger partial charge in [0.15, 0.2) is 0 Å². The molecule has 0 unspecified atom stereocenters. The maximum absolute atomic E-state index is 6.09. The Kier molecular flexibility index (Phi) is 4.41.